The van der Waals surface area contributed by atoms with Crippen LogP contribution in [0.1, 0.15) is 15.9 Å². The molecule has 0 aliphatic heterocycles. The molecule has 3 aromatic rings. The molecule has 0 aliphatic carbocycles. The van der Waals surface area contributed by atoms with Crippen molar-refractivity contribution < 1.29 is 9.18 Å². The number of carbonyl (C=O) groups excluding carboxylic acids is 1. The molecule has 3 aromatic carbocycles. The lowest BCUT2D eigenvalue weighted by molar-refractivity contribution is 0.112. The Kier molecular flexibility index (Phi) is 3.07. The van der Waals surface area contributed by atoms with Crippen LogP contribution in [0, 0.1) is 12.7 Å². The minimum absolute atomic E-state index is 0.216. The Labute approximate surface area is 116 Å². The maximum absolute atomic E-state index is 13.9. The van der Waals surface area contributed by atoms with Gasteiger partial charge in [0, 0.05) is 10.9 Å². The lowest BCUT2D eigenvalue weighted by Crippen LogP contribution is -1.89. The average Bonchev–Trinajstić information content (AvgIpc) is 2.48. The van der Waals surface area contributed by atoms with Crippen molar-refractivity contribution >= 4 is 17.1 Å². The van der Waals surface area contributed by atoms with Crippen LogP contribution >= 0.6 is 0 Å². The van der Waals surface area contributed by atoms with Crippen molar-refractivity contribution in [3.05, 3.63) is 71.5 Å². The van der Waals surface area contributed by atoms with Crippen molar-refractivity contribution in [2.75, 3.05) is 0 Å². The summed E-state index contributed by atoms with van der Waals surface area (Å²) in [6.07, 6.45) is 0.833. The molecule has 0 amide bonds. The lowest BCUT2D eigenvalue weighted by Gasteiger charge is -2.11. The van der Waals surface area contributed by atoms with Gasteiger partial charge in [-0.1, -0.05) is 42.5 Å². The second-order valence-electron chi connectivity index (χ2n) is 4.83. The second kappa shape index (κ2) is 4.89. The Morgan fingerprint density at radius 1 is 0.900 bits per heavy atom. The van der Waals surface area contributed by atoms with E-state index < -0.39 is 0 Å². The average molecular weight is 264 g/mol. The summed E-state index contributed by atoms with van der Waals surface area (Å²) in [5.74, 6) is -0.216. The molecule has 0 radical (unpaired) electrons. The highest BCUT2D eigenvalue weighted by Crippen LogP contribution is 2.32. The Bertz CT molecular complexity index is 806. The molecule has 0 unspecified atom stereocenters. The van der Waals surface area contributed by atoms with E-state index in [0.29, 0.717) is 10.9 Å². The number of hydrogen-bond donors (Lipinski definition) is 0. The first-order chi connectivity index (χ1) is 9.70. The summed E-state index contributed by atoms with van der Waals surface area (Å²) >= 11 is 0. The molecule has 0 N–H and O–H groups in total. The van der Waals surface area contributed by atoms with E-state index in [4.69, 9.17) is 0 Å². The molecule has 0 atom stereocenters. The van der Waals surface area contributed by atoms with Gasteiger partial charge in [-0.25, -0.2) is 4.39 Å². The van der Waals surface area contributed by atoms with Gasteiger partial charge in [0.05, 0.1) is 0 Å². The highest BCUT2D eigenvalue weighted by atomic mass is 19.1. The van der Waals surface area contributed by atoms with Crippen molar-refractivity contribution in [1.82, 2.24) is 0 Å². The van der Waals surface area contributed by atoms with Crippen LogP contribution in [-0.4, -0.2) is 6.29 Å². The smallest absolute Gasteiger partial charge is 0.150 e. The topological polar surface area (TPSA) is 17.1 Å². The molecule has 0 spiro atoms. The van der Waals surface area contributed by atoms with E-state index in [0.717, 1.165) is 28.4 Å². The molecular weight excluding hydrogens is 251 g/mol. The Hall–Kier alpha value is -2.48. The molecule has 0 aliphatic rings. The maximum atomic E-state index is 13.9. The van der Waals surface area contributed by atoms with Gasteiger partial charge < -0.3 is 0 Å². The summed E-state index contributed by atoms with van der Waals surface area (Å²) in [5.41, 5.74) is 3.66. The number of benzene rings is 3. The fourth-order valence-corrected chi connectivity index (χ4v) is 2.56. The highest BCUT2D eigenvalue weighted by Gasteiger charge is 2.09. The molecular formula is C18H13FO. The quantitative estimate of drug-likeness (QED) is 0.609. The SMILES string of the molecule is Cc1cc(C=O)ccc1-c1ccc(F)c2ccccc12. The zero-order chi connectivity index (χ0) is 14.1. The van der Waals surface area contributed by atoms with Crippen LogP contribution < -0.4 is 0 Å². The van der Waals surface area contributed by atoms with Crippen molar-refractivity contribution in [2.45, 2.75) is 6.92 Å². The number of halogens is 1. The minimum atomic E-state index is -0.216. The third kappa shape index (κ3) is 1.99. The molecule has 0 aromatic heterocycles. The molecule has 0 heterocycles. The van der Waals surface area contributed by atoms with E-state index in [1.54, 1.807) is 18.2 Å². The summed E-state index contributed by atoms with van der Waals surface area (Å²) in [6, 6.07) is 16.3. The molecule has 1 nitrogen and oxygen atoms in total. The van der Waals surface area contributed by atoms with Crippen molar-refractivity contribution in [3.8, 4) is 11.1 Å². The number of carbonyl (C=O) groups is 1. The van der Waals surface area contributed by atoms with Crippen LogP contribution in [0.5, 0.6) is 0 Å². The Morgan fingerprint density at radius 3 is 2.30 bits per heavy atom. The summed E-state index contributed by atoms with van der Waals surface area (Å²) < 4.78 is 13.9. The lowest BCUT2D eigenvalue weighted by atomic mass is 9.94. The standard InChI is InChI=1S/C18H13FO/c1-12-10-13(11-20)6-7-14(12)16-8-9-18(19)17-5-3-2-4-15(16)17/h2-11H,1H3. The van der Waals surface area contributed by atoms with Crippen LogP contribution in [0.25, 0.3) is 21.9 Å². The van der Waals surface area contributed by atoms with Gasteiger partial charge in [0.25, 0.3) is 0 Å². The van der Waals surface area contributed by atoms with Crippen molar-refractivity contribution in [2.24, 2.45) is 0 Å². The molecule has 0 saturated carbocycles. The summed E-state index contributed by atoms with van der Waals surface area (Å²) in [4.78, 5) is 10.8. The number of fused-ring (bicyclic) bond motifs is 1. The van der Waals surface area contributed by atoms with Gasteiger partial charge in [0.1, 0.15) is 12.1 Å². The number of hydrogen-bond acceptors (Lipinski definition) is 1. The van der Waals surface area contributed by atoms with Crippen molar-refractivity contribution in [1.29, 1.82) is 0 Å². The fraction of sp³-hybridized carbons (Fsp3) is 0.0556. The predicted octanol–water partition coefficient (Wildman–Crippen LogP) is 4.77. The van der Waals surface area contributed by atoms with Gasteiger partial charge in [0.2, 0.25) is 0 Å². The molecule has 20 heavy (non-hydrogen) atoms. The van der Waals surface area contributed by atoms with E-state index in [2.05, 4.69) is 0 Å². The first kappa shape index (κ1) is 12.5. The van der Waals surface area contributed by atoms with Gasteiger partial charge in [-0.15, -0.1) is 0 Å². The van der Waals surface area contributed by atoms with Crippen LogP contribution in [0.3, 0.4) is 0 Å². The third-order valence-corrected chi connectivity index (χ3v) is 3.55. The number of aldehydes is 1. The third-order valence-electron chi connectivity index (χ3n) is 3.55. The van der Waals surface area contributed by atoms with Crippen molar-refractivity contribution in [3.63, 3.8) is 0 Å². The van der Waals surface area contributed by atoms with E-state index in [1.807, 2.05) is 37.3 Å². The summed E-state index contributed by atoms with van der Waals surface area (Å²) in [5, 5.41) is 1.50. The maximum Gasteiger partial charge on any atom is 0.150 e. The van der Waals surface area contributed by atoms with Gasteiger partial charge in [-0.05, 0) is 41.1 Å². The number of rotatable bonds is 2. The Balaban J connectivity index is 2.30. The highest BCUT2D eigenvalue weighted by molar-refractivity contribution is 5.98. The molecule has 0 fully saturated rings. The van der Waals surface area contributed by atoms with E-state index in [9.17, 15) is 9.18 Å². The van der Waals surface area contributed by atoms with Gasteiger partial charge in [-0.3, -0.25) is 4.79 Å². The number of aryl methyl sites for hydroxylation is 1. The van der Waals surface area contributed by atoms with E-state index in [-0.39, 0.29) is 5.82 Å². The monoisotopic (exact) mass is 264 g/mol. The summed E-state index contributed by atoms with van der Waals surface area (Å²) in [7, 11) is 0. The molecule has 98 valence electrons. The van der Waals surface area contributed by atoms with Crippen LogP contribution in [0.2, 0.25) is 0 Å². The first-order valence-electron chi connectivity index (χ1n) is 6.44. The molecule has 0 bridgehead atoms. The fourth-order valence-electron chi connectivity index (χ4n) is 2.56. The zero-order valence-corrected chi connectivity index (χ0v) is 11.1. The van der Waals surface area contributed by atoms with Gasteiger partial charge in [0.15, 0.2) is 0 Å². The molecule has 0 saturated heterocycles. The van der Waals surface area contributed by atoms with Crippen LogP contribution in [0.15, 0.2) is 54.6 Å². The van der Waals surface area contributed by atoms with Gasteiger partial charge in [-0.2, -0.15) is 0 Å². The van der Waals surface area contributed by atoms with Crippen LogP contribution in [0.4, 0.5) is 4.39 Å². The van der Waals surface area contributed by atoms with Crippen LogP contribution in [-0.2, 0) is 0 Å². The second-order valence-corrected chi connectivity index (χ2v) is 4.83. The molecule has 3 rings (SSSR count). The zero-order valence-electron chi connectivity index (χ0n) is 11.1. The Morgan fingerprint density at radius 2 is 1.60 bits per heavy atom. The minimum Gasteiger partial charge on any atom is -0.298 e. The van der Waals surface area contributed by atoms with Gasteiger partial charge >= 0.3 is 0 Å². The summed E-state index contributed by atoms with van der Waals surface area (Å²) in [6.45, 7) is 1.96. The predicted molar refractivity (Wildman–Crippen MR) is 79.5 cm³/mol. The first-order valence-corrected chi connectivity index (χ1v) is 6.44. The van der Waals surface area contributed by atoms with E-state index in [1.165, 1.54) is 6.07 Å². The largest absolute Gasteiger partial charge is 0.298 e. The van der Waals surface area contributed by atoms with E-state index >= 15 is 0 Å². The normalized spacial score (nSPS) is 10.7. The molecule has 2 heteroatoms.